The Kier molecular flexibility index (Phi) is 9.27. The first-order valence-corrected chi connectivity index (χ1v) is 10.3. The van der Waals surface area contributed by atoms with Gasteiger partial charge in [-0.1, -0.05) is 17.7 Å². The van der Waals surface area contributed by atoms with Crippen LogP contribution in [0.3, 0.4) is 0 Å². The molecule has 0 saturated carbocycles. The highest BCUT2D eigenvalue weighted by Crippen LogP contribution is 2.39. The lowest BCUT2D eigenvalue weighted by atomic mass is 10.2. The number of amides is 1. The third-order valence-electron chi connectivity index (χ3n) is 4.18. The number of azo groups is 1. The summed E-state index contributed by atoms with van der Waals surface area (Å²) >= 11 is 6.29. The van der Waals surface area contributed by atoms with E-state index >= 15 is 0 Å². The van der Waals surface area contributed by atoms with Gasteiger partial charge in [-0.2, -0.15) is 5.11 Å². The summed E-state index contributed by atoms with van der Waals surface area (Å²) in [5, 5.41) is 10.9. The van der Waals surface area contributed by atoms with Crippen molar-refractivity contribution in [3.8, 4) is 23.0 Å². The van der Waals surface area contributed by atoms with Crippen molar-refractivity contribution in [2.75, 3.05) is 32.8 Å². The van der Waals surface area contributed by atoms with E-state index in [-0.39, 0.29) is 22.1 Å². The second-order valence-corrected chi connectivity index (χ2v) is 6.78. The summed E-state index contributed by atoms with van der Waals surface area (Å²) in [7, 11) is 2.93. The van der Waals surface area contributed by atoms with Gasteiger partial charge in [0, 0.05) is 12.1 Å². The predicted molar refractivity (Wildman–Crippen MR) is 121 cm³/mol. The fraction of sp³-hybridized carbons (Fsp3) is 0.364. The van der Waals surface area contributed by atoms with Crippen molar-refractivity contribution >= 4 is 34.7 Å². The molecule has 0 spiro atoms. The number of ether oxygens (including phenoxy) is 4. The molecule has 0 heterocycles. The minimum Gasteiger partial charge on any atom is -0.494 e. The molecule has 2 rings (SSSR count). The molecule has 0 aliphatic carbocycles. The van der Waals surface area contributed by atoms with Crippen molar-refractivity contribution in [2.24, 2.45) is 10.2 Å². The minimum absolute atomic E-state index is 0.254. The van der Waals surface area contributed by atoms with Crippen LogP contribution >= 0.6 is 11.6 Å². The molecule has 0 radical (unpaired) electrons. The van der Waals surface area contributed by atoms with Crippen molar-refractivity contribution in [3.05, 3.63) is 35.4 Å². The number of rotatable bonds is 11. The summed E-state index contributed by atoms with van der Waals surface area (Å²) in [6, 6.07) is 6.77. The van der Waals surface area contributed by atoms with Crippen LogP contribution < -0.4 is 24.3 Å². The molecule has 0 saturated heterocycles. The van der Waals surface area contributed by atoms with Gasteiger partial charge >= 0.3 is 0 Å². The van der Waals surface area contributed by atoms with Crippen LogP contribution in [0.4, 0.5) is 11.4 Å². The molecular weight excluding hydrogens is 438 g/mol. The topological polar surface area (TPSA) is 108 Å². The Labute approximate surface area is 191 Å². The molecule has 2 aromatic rings. The lowest BCUT2D eigenvalue weighted by Gasteiger charge is -2.16. The van der Waals surface area contributed by atoms with Gasteiger partial charge in [0.15, 0.2) is 17.2 Å². The Bertz CT molecular complexity index is 974. The number of Topliss-reactive ketones (excluding diaryl/α,β-unsaturated/α-hetero) is 1. The van der Waals surface area contributed by atoms with Crippen LogP contribution in [0.2, 0.25) is 5.02 Å². The summed E-state index contributed by atoms with van der Waals surface area (Å²) in [6.07, 6.45) is 0. The predicted octanol–water partition coefficient (Wildman–Crippen LogP) is 4.83. The van der Waals surface area contributed by atoms with E-state index in [1.807, 2.05) is 6.92 Å². The summed E-state index contributed by atoms with van der Waals surface area (Å²) in [4.78, 5) is 25.1. The molecule has 1 atom stereocenters. The summed E-state index contributed by atoms with van der Waals surface area (Å²) < 4.78 is 21.6. The second kappa shape index (κ2) is 11.9. The lowest BCUT2D eigenvalue weighted by molar-refractivity contribution is -0.126. The van der Waals surface area contributed by atoms with Gasteiger partial charge in [-0.25, -0.2) is 0 Å². The molecule has 0 fully saturated rings. The molecule has 0 aliphatic heterocycles. The Morgan fingerprint density at radius 2 is 1.69 bits per heavy atom. The number of methoxy groups -OCH3 is 2. The smallest absolute Gasteiger partial charge is 0.258 e. The maximum atomic E-state index is 12.9. The monoisotopic (exact) mass is 463 g/mol. The number of nitrogens with zero attached hydrogens (tertiary/aromatic N) is 2. The number of carbonyl (C=O) groups excluding carboxylic acids is 2. The van der Waals surface area contributed by atoms with Crippen molar-refractivity contribution in [1.29, 1.82) is 0 Å². The second-order valence-electron chi connectivity index (χ2n) is 6.38. The van der Waals surface area contributed by atoms with E-state index in [2.05, 4.69) is 15.5 Å². The molecule has 0 aliphatic rings. The van der Waals surface area contributed by atoms with Crippen molar-refractivity contribution in [2.45, 2.75) is 26.8 Å². The summed E-state index contributed by atoms with van der Waals surface area (Å²) in [5.41, 5.74) is 0.511. The van der Waals surface area contributed by atoms with Crippen LogP contribution in [0.5, 0.6) is 23.0 Å². The number of nitrogens with one attached hydrogen (secondary N) is 1. The van der Waals surface area contributed by atoms with E-state index in [9.17, 15) is 9.59 Å². The molecule has 1 N–H and O–H groups in total. The first-order chi connectivity index (χ1) is 15.4. The average Bonchev–Trinajstić information content (AvgIpc) is 2.76. The zero-order valence-electron chi connectivity index (χ0n) is 18.6. The fourth-order valence-corrected chi connectivity index (χ4v) is 3.03. The molecular formula is C22H26ClN3O6. The van der Waals surface area contributed by atoms with E-state index in [0.29, 0.717) is 30.5 Å². The number of carbonyl (C=O) groups is 2. The molecule has 0 aromatic heterocycles. The van der Waals surface area contributed by atoms with Gasteiger partial charge in [0.05, 0.1) is 38.1 Å². The first kappa shape index (κ1) is 24.9. The van der Waals surface area contributed by atoms with E-state index < -0.39 is 17.7 Å². The number of ketones is 1. The molecule has 1 unspecified atom stereocenters. The Hall–Kier alpha value is -3.33. The number of anilines is 1. The van der Waals surface area contributed by atoms with Gasteiger partial charge < -0.3 is 24.3 Å². The molecule has 0 bridgehead atoms. The SMILES string of the molecule is CCOc1cc(Cl)c(OCC)c(NC(=O)C(N=Nc2c(OC)cccc2OC)C(C)=O)c1. The van der Waals surface area contributed by atoms with E-state index in [4.69, 9.17) is 30.5 Å². The average molecular weight is 464 g/mol. The first-order valence-electron chi connectivity index (χ1n) is 9.88. The minimum atomic E-state index is -1.42. The number of hydrogen-bond acceptors (Lipinski definition) is 8. The van der Waals surface area contributed by atoms with Gasteiger partial charge in [-0.05, 0) is 32.9 Å². The van der Waals surface area contributed by atoms with E-state index in [1.165, 1.54) is 21.1 Å². The van der Waals surface area contributed by atoms with Gasteiger partial charge in [-0.15, -0.1) is 5.11 Å². The van der Waals surface area contributed by atoms with Crippen molar-refractivity contribution < 1.29 is 28.5 Å². The number of halogens is 1. The van der Waals surface area contributed by atoms with Crippen LogP contribution in [0, 0.1) is 0 Å². The molecule has 172 valence electrons. The maximum Gasteiger partial charge on any atom is 0.258 e. The van der Waals surface area contributed by atoms with Crippen LogP contribution in [0.1, 0.15) is 20.8 Å². The van der Waals surface area contributed by atoms with Gasteiger partial charge in [-0.3, -0.25) is 9.59 Å². The van der Waals surface area contributed by atoms with Gasteiger partial charge in [0.2, 0.25) is 6.04 Å². The molecule has 1 amide bonds. The largest absolute Gasteiger partial charge is 0.494 e. The highest BCUT2D eigenvalue weighted by molar-refractivity contribution is 6.33. The van der Waals surface area contributed by atoms with Crippen LogP contribution in [-0.2, 0) is 9.59 Å². The lowest BCUT2D eigenvalue weighted by Crippen LogP contribution is -2.32. The van der Waals surface area contributed by atoms with Gasteiger partial charge in [0.25, 0.3) is 5.91 Å². The molecule has 32 heavy (non-hydrogen) atoms. The highest BCUT2D eigenvalue weighted by Gasteiger charge is 2.26. The summed E-state index contributed by atoms with van der Waals surface area (Å²) in [6.45, 7) is 5.57. The van der Waals surface area contributed by atoms with Crippen LogP contribution in [0.15, 0.2) is 40.6 Å². The fourth-order valence-electron chi connectivity index (χ4n) is 2.77. The number of hydrogen-bond donors (Lipinski definition) is 1. The maximum absolute atomic E-state index is 12.9. The summed E-state index contributed by atoms with van der Waals surface area (Å²) in [5.74, 6) is 0.245. The third-order valence-corrected chi connectivity index (χ3v) is 4.46. The Morgan fingerprint density at radius 1 is 1.06 bits per heavy atom. The van der Waals surface area contributed by atoms with Gasteiger partial charge in [0.1, 0.15) is 17.2 Å². The third kappa shape index (κ3) is 6.10. The number of benzene rings is 2. The highest BCUT2D eigenvalue weighted by atomic mass is 35.5. The normalized spacial score (nSPS) is 11.7. The Morgan fingerprint density at radius 3 is 2.22 bits per heavy atom. The van der Waals surface area contributed by atoms with Crippen LogP contribution in [-0.4, -0.2) is 45.2 Å². The zero-order valence-corrected chi connectivity index (χ0v) is 19.4. The zero-order chi connectivity index (χ0) is 23.7. The quantitative estimate of drug-likeness (QED) is 0.377. The Balaban J connectivity index is 2.38. The van der Waals surface area contributed by atoms with E-state index in [0.717, 1.165) is 0 Å². The standard InChI is InChI=1S/C22H26ClN3O6/c1-6-31-14-11-15(23)21(32-7-2)16(12-14)24-22(28)19(13(3)27)25-26-20-17(29-4)9-8-10-18(20)30-5/h8-12,19H,6-7H2,1-5H3,(H,24,28). The van der Waals surface area contributed by atoms with E-state index in [1.54, 1.807) is 37.3 Å². The van der Waals surface area contributed by atoms with Crippen molar-refractivity contribution in [3.63, 3.8) is 0 Å². The molecule has 10 heteroatoms. The van der Waals surface area contributed by atoms with Crippen LogP contribution in [0.25, 0.3) is 0 Å². The molecule has 2 aromatic carbocycles. The van der Waals surface area contributed by atoms with Crippen molar-refractivity contribution in [1.82, 2.24) is 0 Å². The molecule has 9 nitrogen and oxygen atoms in total.